The van der Waals surface area contributed by atoms with E-state index in [-0.39, 0.29) is 5.91 Å². The molecule has 1 amide bonds. The molecule has 0 spiro atoms. The molecule has 0 radical (unpaired) electrons. The number of hydrogen-bond donors (Lipinski definition) is 0. The summed E-state index contributed by atoms with van der Waals surface area (Å²) in [5.41, 5.74) is 3.26. The molecule has 4 heterocycles. The standard InChI is InChI=1S/C22H24N6O2/c1-13-8-14(2)24-22(23-13)28-11-16-9-27(10-17(16)12-28)21(29)19-7-5-4-6-18(19)20-25-15(3)26-30-20/h4-8,16-17H,9-12H2,1-3H3. The Bertz CT molecular complexity index is 1080. The minimum atomic E-state index is 0.0186. The summed E-state index contributed by atoms with van der Waals surface area (Å²) in [6.07, 6.45) is 0. The summed E-state index contributed by atoms with van der Waals surface area (Å²) in [6.45, 7) is 8.99. The number of hydrogen-bond acceptors (Lipinski definition) is 7. The van der Waals surface area contributed by atoms with Gasteiger partial charge in [-0.1, -0.05) is 17.3 Å². The second-order valence-corrected chi connectivity index (χ2v) is 8.28. The third-order valence-electron chi connectivity index (χ3n) is 5.94. The van der Waals surface area contributed by atoms with Gasteiger partial charge in [-0.15, -0.1) is 0 Å². The van der Waals surface area contributed by atoms with Gasteiger partial charge in [0, 0.05) is 49.4 Å². The van der Waals surface area contributed by atoms with E-state index >= 15 is 0 Å². The zero-order chi connectivity index (χ0) is 20.8. The van der Waals surface area contributed by atoms with Crippen LogP contribution in [0.2, 0.25) is 0 Å². The predicted octanol–water partition coefficient (Wildman–Crippen LogP) is 2.66. The van der Waals surface area contributed by atoms with Crippen LogP contribution in [-0.2, 0) is 0 Å². The van der Waals surface area contributed by atoms with Gasteiger partial charge in [0.05, 0.1) is 11.1 Å². The van der Waals surface area contributed by atoms with Crippen molar-refractivity contribution in [2.75, 3.05) is 31.1 Å². The van der Waals surface area contributed by atoms with Crippen LogP contribution in [0, 0.1) is 32.6 Å². The Labute approximate surface area is 174 Å². The van der Waals surface area contributed by atoms with Crippen molar-refractivity contribution < 1.29 is 9.32 Å². The number of fused-ring (bicyclic) bond motifs is 1. The van der Waals surface area contributed by atoms with Crippen LogP contribution >= 0.6 is 0 Å². The van der Waals surface area contributed by atoms with Gasteiger partial charge in [0.2, 0.25) is 5.95 Å². The van der Waals surface area contributed by atoms with Gasteiger partial charge in [-0.2, -0.15) is 4.98 Å². The van der Waals surface area contributed by atoms with Gasteiger partial charge in [0.15, 0.2) is 5.82 Å². The van der Waals surface area contributed by atoms with Gasteiger partial charge in [-0.05, 0) is 39.0 Å². The molecule has 0 aliphatic carbocycles. The molecule has 0 saturated carbocycles. The molecule has 2 unspecified atom stereocenters. The van der Waals surface area contributed by atoms with Gasteiger partial charge in [0.25, 0.3) is 11.8 Å². The largest absolute Gasteiger partial charge is 0.340 e. The van der Waals surface area contributed by atoms with E-state index in [1.807, 2.05) is 49.1 Å². The highest BCUT2D eigenvalue weighted by atomic mass is 16.5. The van der Waals surface area contributed by atoms with Crippen molar-refractivity contribution in [3.63, 3.8) is 0 Å². The number of benzene rings is 1. The number of nitrogens with zero attached hydrogens (tertiary/aromatic N) is 6. The van der Waals surface area contributed by atoms with Crippen molar-refractivity contribution in [1.82, 2.24) is 25.0 Å². The predicted molar refractivity (Wildman–Crippen MR) is 111 cm³/mol. The monoisotopic (exact) mass is 404 g/mol. The first-order chi connectivity index (χ1) is 14.5. The fraction of sp³-hybridized carbons (Fsp3) is 0.409. The number of amides is 1. The summed E-state index contributed by atoms with van der Waals surface area (Å²) in [5, 5.41) is 3.86. The van der Waals surface area contributed by atoms with Crippen molar-refractivity contribution in [1.29, 1.82) is 0 Å². The normalized spacial score (nSPS) is 20.6. The van der Waals surface area contributed by atoms with Crippen LogP contribution in [0.1, 0.15) is 27.6 Å². The van der Waals surface area contributed by atoms with Crippen LogP contribution in [0.5, 0.6) is 0 Å². The molecule has 8 heteroatoms. The Morgan fingerprint density at radius 3 is 2.27 bits per heavy atom. The Hall–Kier alpha value is -3.29. The summed E-state index contributed by atoms with van der Waals surface area (Å²) in [4.78, 5) is 31.0. The molecule has 154 valence electrons. The molecule has 5 rings (SSSR count). The number of anilines is 1. The van der Waals surface area contributed by atoms with Crippen molar-refractivity contribution in [3.05, 3.63) is 53.1 Å². The maximum atomic E-state index is 13.3. The van der Waals surface area contributed by atoms with E-state index < -0.39 is 0 Å². The summed E-state index contributed by atoms with van der Waals surface area (Å²) in [7, 11) is 0. The van der Waals surface area contributed by atoms with Gasteiger partial charge >= 0.3 is 0 Å². The molecular formula is C22H24N6O2. The average molecular weight is 404 g/mol. The van der Waals surface area contributed by atoms with Crippen LogP contribution in [-0.4, -0.2) is 57.1 Å². The van der Waals surface area contributed by atoms with Crippen LogP contribution in [0.4, 0.5) is 5.95 Å². The van der Waals surface area contributed by atoms with Crippen molar-refractivity contribution in [2.24, 2.45) is 11.8 Å². The molecular weight excluding hydrogens is 380 g/mol. The number of likely N-dealkylation sites (tertiary alicyclic amines) is 1. The maximum absolute atomic E-state index is 13.3. The average Bonchev–Trinajstić information content (AvgIpc) is 3.41. The lowest BCUT2D eigenvalue weighted by Crippen LogP contribution is -2.34. The third kappa shape index (κ3) is 3.32. The summed E-state index contributed by atoms with van der Waals surface area (Å²) < 4.78 is 5.31. The van der Waals surface area contributed by atoms with E-state index in [4.69, 9.17) is 4.52 Å². The van der Waals surface area contributed by atoms with Crippen LogP contribution in [0.3, 0.4) is 0 Å². The number of carbonyl (C=O) groups excluding carboxylic acids is 1. The van der Waals surface area contributed by atoms with E-state index in [9.17, 15) is 4.79 Å². The van der Waals surface area contributed by atoms with Crippen LogP contribution in [0.25, 0.3) is 11.5 Å². The fourth-order valence-corrected chi connectivity index (χ4v) is 4.60. The van der Waals surface area contributed by atoms with Gasteiger partial charge in [-0.25, -0.2) is 9.97 Å². The lowest BCUT2D eigenvalue weighted by molar-refractivity contribution is 0.0783. The second-order valence-electron chi connectivity index (χ2n) is 8.28. The van der Waals surface area contributed by atoms with Gasteiger partial charge in [0.1, 0.15) is 0 Å². The molecule has 2 atom stereocenters. The molecule has 8 nitrogen and oxygen atoms in total. The third-order valence-corrected chi connectivity index (χ3v) is 5.94. The molecule has 0 N–H and O–H groups in total. The Morgan fingerprint density at radius 1 is 0.967 bits per heavy atom. The van der Waals surface area contributed by atoms with E-state index in [2.05, 4.69) is 25.0 Å². The summed E-state index contributed by atoms with van der Waals surface area (Å²) in [6, 6.07) is 9.43. The molecule has 2 aliphatic rings. The first-order valence-electron chi connectivity index (χ1n) is 10.2. The zero-order valence-corrected chi connectivity index (χ0v) is 17.4. The van der Waals surface area contributed by atoms with Crippen molar-refractivity contribution >= 4 is 11.9 Å². The Balaban J connectivity index is 1.32. The van der Waals surface area contributed by atoms with Crippen molar-refractivity contribution in [3.8, 4) is 11.5 Å². The number of aryl methyl sites for hydroxylation is 3. The molecule has 2 saturated heterocycles. The summed E-state index contributed by atoms with van der Waals surface area (Å²) in [5.74, 6) is 2.61. The lowest BCUT2D eigenvalue weighted by Gasteiger charge is -2.22. The molecule has 0 bridgehead atoms. The van der Waals surface area contributed by atoms with Gasteiger partial charge < -0.3 is 14.3 Å². The fourth-order valence-electron chi connectivity index (χ4n) is 4.60. The minimum Gasteiger partial charge on any atom is -0.340 e. The Morgan fingerprint density at radius 2 is 1.63 bits per heavy atom. The molecule has 2 aliphatic heterocycles. The topological polar surface area (TPSA) is 88.3 Å². The molecule has 1 aromatic carbocycles. The zero-order valence-electron chi connectivity index (χ0n) is 17.4. The van der Waals surface area contributed by atoms with E-state index in [0.717, 1.165) is 43.5 Å². The van der Waals surface area contributed by atoms with Crippen molar-refractivity contribution in [2.45, 2.75) is 20.8 Å². The van der Waals surface area contributed by atoms with E-state index in [0.29, 0.717) is 34.7 Å². The number of rotatable bonds is 3. The molecule has 2 aromatic heterocycles. The highest BCUT2D eigenvalue weighted by molar-refractivity contribution is 6.00. The van der Waals surface area contributed by atoms with Crippen LogP contribution in [0.15, 0.2) is 34.9 Å². The smallest absolute Gasteiger partial charge is 0.258 e. The molecule has 30 heavy (non-hydrogen) atoms. The number of carbonyl (C=O) groups is 1. The minimum absolute atomic E-state index is 0.0186. The second kappa shape index (κ2) is 7.19. The highest BCUT2D eigenvalue weighted by Gasteiger charge is 2.43. The quantitative estimate of drug-likeness (QED) is 0.663. The lowest BCUT2D eigenvalue weighted by atomic mass is 10.0. The highest BCUT2D eigenvalue weighted by Crippen LogP contribution is 2.34. The SMILES string of the molecule is Cc1cc(C)nc(N2CC3CN(C(=O)c4ccccc4-c4nc(C)no4)CC3C2)n1. The first-order valence-corrected chi connectivity index (χ1v) is 10.2. The van der Waals surface area contributed by atoms with E-state index in [1.54, 1.807) is 6.92 Å². The molecule has 3 aromatic rings. The van der Waals surface area contributed by atoms with Crippen LogP contribution < -0.4 is 4.90 Å². The molecule has 2 fully saturated rings. The first kappa shape index (κ1) is 18.7. The Kier molecular flexibility index (Phi) is 4.49. The van der Waals surface area contributed by atoms with Gasteiger partial charge in [-0.3, -0.25) is 4.79 Å². The number of aromatic nitrogens is 4. The maximum Gasteiger partial charge on any atom is 0.258 e. The summed E-state index contributed by atoms with van der Waals surface area (Å²) >= 11 is 0. The van der Waals surface area contributed by atoms with E-state index in [1.165, 1.54) is 0 Å².